The van der Waals surface area contributed by atoms with Crippen molar-refractivity contribution in [1.29, 1.82) is 0 Å². The first-order valence-corrected chi connectivity index (χ1v) is 4.98. The second-order valence-corrected chi connectivity index (χ2v) is 3.77. The SMILES string of the molecule is CC(=O)c1c(C)c(C)nc2ccccc12. The highest BCUT2D eigenvalue weighted by atomic mass is 16.1. The zero-order valence-corrected chi connectivity index (χ0v) is 9.16. The van der Waals surface area contributed by atoms with Gasteiger partial charge in [0, 0.05) is 16.6 Å². The van der Waals surface area contributed by atoms with Gasteiger partial charge in [-0.15, -0.1) is 0 Å². The molecule has 0 aliphatic rings. The van der Waals surface area contributed by atoms with Gasteiger partial charge in [-0.05, 0) is 32.4 Å². The Morgan fingerprint density at radius 2 is 1.87 bits per heavy atom. The molecule has 76 valence electrons. The van der Waals surface area contributed by atoms with Crippen LogP contribution in [0.4, 0.5) is 0 Å². The first kappa shape index (κ1) is 9.84. The number of hydrogen-bond acceptors (Lipinski definition) is 2. The zero-order chi connectivity index (χ0) is 11.0. The molecule has 1 aromatic carbocycles. The third-order valence-electron chi connectivity index (χ3n) is 2.73. The minimum absolute atomic E-state index is 0.106. The molecule has 0 aliphatic heterocycles. The van der Waals surface area contributed by atoms with Crippen molar-refractivity contribution in [2.45, 2.75) is 20.8 Å². The molecule has 0 saturated carbocycles. The number of carbonyl (C=O) groups excluding carboxylic acids is 1. The van der Waals surface area contributed by atoms with E-state index in [0.29, 0.717) is 0 Å². The van der Waals surface area contributed by atoms with Gasteiger partial charge < -0.3 is 0 Å². The Balaban J connectivity index is 2.95. The molecule has 15 heavy (non-hydrogen) atoms. The van der Waals surface area contributed by atoms with Crippen LogP contribution in [0, 0.1) is 13.8 Å². The Bertz CT molecular complexity index is 543. The van der Waals surface area contributed by atoms with Gasteiger partial charge in [0.2, 0.25) is 0 Å². The van der Waals surface area contributed by atoms with Crippen molar-refractivity contribution in [3.05, 3.63) is 41.1 Å². The molecule has 0 aliphatic carbocycles. The van der Waals surface area contributed by atoms with Gasteiger partial charge in [-0.25, -0.2) is 0 Å². The number of para-hydroxylation sites is 1. The van der Waals surface area contributed by atoms with E-state index in [-0.39, 0.29) is 5.78 Å². The normalized spacial score (nSPS) is 10.6. The van der Waals surface area contributed by atoms with Gasteiger partial charge >= 0.3 is 0 Å². The Kier molecular flexibility index (Phi) is 2.27. The number of hydrogen-bond donors (Lipinski definition) is 0. The van der Waals surface area contributed by atoms with Crippen molar-refractivity contribution in [2.75, 3.05) is 0 Å². The van der Waals surface area contributed by atoms with Gasteiger partial charge in [0.05, 0.1) is 5.52 Å². The maximum absolute atomic E-state index is 11.6. The minimum atomic E-state index is 0.106. The molecule has 0 fully saturated rings. The van der Waals surface area contributed by atoms with Crippen LogP contribution in [0.15, 0.2) is 24.3 Å². The Morgan fingerprint density at radius 3 is 2.53 bits per heavy atom. The Morgan fingerprint density at radius 1 is 1.20 bits per heavy atom. The van der Waals surface area contributed by atoms with Crippen LogP contribution in [0.2, 0.25) is 0 Å². The molecule has 0 N–H and O–H groups in total. The second kappa shape index (κ2) is 3.46. The van der Waals surface area contributed by atoms with Crippen LogP contribution in [0.1, 0.15) is 28.5 Å². The highest BCUT2D eigenvalue weighted by Gasteiger charge is 2.11. The lowest BCUT2D eigenvalue weighted by Crippen LogP contribution is -2.02. The fourth-order valence-corrected chi connectivity index (χ4v) is 1.88. The molecule has 0 radical (unpaired) electrons. The first-order chi connectivity index (χ1) is 7.11. The molecule has 2 heteroatoms. The number of aryl methyl sites for hydroxylation is 1. The summed E-state index contributed by atoms with van der Waals surface area (Å²) in [6, 6.07) is 7.76. The van der Waals surface area contributed by atoms with E-state index in [2.05, 4.69) is 4.98 Å². The lowest BCUT2D eigenvalue weighted by Gasteiger charge is -2.09. The third-order valence-corrected chi connectivity index (χ3v) is 2.73. The average molecular weight is 199 g/mol. The molecule has 2 rings (SSSR count). The van der Waals surface area contributed by atoms with Crippen molar-refractivity contribution in [2.24, 2.45) is 0 Å². The molecule has 0 unspecified atom stereocenters. The summed E-state index contributed by atoms with van der Waals surface area (Å²) in [5.41, 5.74) is 3.61. The van der Waals surface area contributed by atoms with Crippen molar-refractivity contribution >= 4 is 16.7 Å². The summed E-state index contributed by atoms with van der Waals surface area (Å²) in [6.45, 7) is 5.49. The lowest BCUT2D eigenvalue weighted by atomic mass is 9.99. The zero-order valence-electron chi connectivity index (χ0n) is 9.16. The number of carbonyl (C=O) groups is 1. The second-order valence-electron chi connectivity index (χ2n) is 3.77. The van der Waals surface area contributed by atoms with Crippen molar-refractivity contribution < 1.29 is 4.79 Å². The minimum Gasteiger partial charge on any atom is -0.294 e. The van der Waals surface area contributed by atoms with E-state index < -0.39 is 0 Å². The quantitative estimate of drug-likeness (QED) is 0.661. The van der Waals surface area contributed by atoms with E-state index in [1.54, 1.807) is 6.92 Å². The number of Topliss-reactive ketones (excluding diaryl/α,β-unsaturated/α-hetero) is 1. The van der Waals surface area contributed by atoms with Crippen LogP contribution >= 0.6 is 0 Å². The van der Waals surface area contributed by atoms with E-state index in [1.807, 2.05) is 38.1 Å². The van der Waals surface area contributed by atoms with Gasteiger partial charge in [0.1, 0.15) is 0 Å². The molecule has 0 atom stereocenters. The first-order valence-electron chi connectivity index (χ1n) is 4.98. The van der Waals surface area contributed by atoms with Gasteiger partial charge in [-0.2, -0.15) is 0 Å². The third kappa shape index (κ3) is 1.52. The molecule has 1 heterocycles. The Labute approximate surface area is 89.0 Å². The molecule has 0 amide bonds. The van der Waals surface area contributed by atoms with E-state index in [0.717, 1.165) is 27.7 Å². The van der Waals surface area contributed by atoms with Crippen LogP contribution in [-0.4, -0.2) is 10.8 Å². The summed E-state index contributed by atoms with van der Waals surface area (Å²) in [5.74, 6) is 0.106. The molecule has 0 spiro atoms. The van der Waals surface area contributed by atoms with Crippen molar-refractivity contribution in [3.63, 3.8) is 0 Å². The summed E-state index contributed by atoms with van der Waals surface area (Å²) in [6.07, 6.45) is 0. The predicted molar refractivity (Wildman–Crippen MR) is 61.2 cm³/mol. The fraction of sp³-hybridized carbons (Fsp3) is 0.231. The van der Waals surface area contributed by atoms with Crippen molar-refractivity contribution in [1.82, 2.24) is 4.98 Å². The summed E-state index contributed by atoms with van der Waals surface area (Å²) in [4.78, 5) is 16.1. The van der Waals surface area contributed by atoms with E-state index in [9.17, 15) is 4.79 Å². The number of fused-ring (bicyclic) bond motifs is 1. The highest BCUT2D eigenvalue weighted by molar-refractivity contribution is 6.07. The number of pyridine rings is 1. The predicted octanol–water partition coefficient (Wildman–Crippen LogP) is 3.05. The number of benzene rings is 1. The van der Waals surface area contributed by atoms with Gasteiger partial charge in [-0.1, -0.05) is 18.2 Å². The summed E-state index contributed by atoms with van der Waals surface area (Å²) >= 11 is 0. The topological polar surface area (TPSA) is 30.0 Å². The maximum atomic E-state index is 11.6. The van der Waals surface area contributed by atoms with Gasteiger partial charge in [-0.3, -0.25) is 9.78 Å². The maximum Gasteiger partial charge on any atom is 0.160 e. The lowest BCUT2D eigenvalue weighted by molar-refractivity contribution is 0.101. The van der Waals surface area contributed by atoms with Crippen molar-refractivity contribution in [3.8, 4) is 0 Å². The molecule has 2 nitrogen and oxygen atoms in total. The molecule has 2 aromatic rings. The molecular formula is C13H13NO. The van der Waals surface area contributed by atoms with Crippen LogP contribution in [0.25, 0.3) is 10.9 Å². The fourth-order valence-electron chi connectivity index (χ4n) is 1.88. The summed E-state index contributed by atoms with van der Waals surface area (Å²) in [7, 11) is 0. The highest BCUT2D eigenvalue weighted by Crippen LogP contribution is 2.22. The molecule has 1 aromatic heterocycles. The van der Waals surface area contributed by atoms with Crippen LogP contribution in [0.5, 0.6) is 0 Å². The number of nitrogens with zero attached hydrogens (tertiary/aromatic N) is 1. The van der Waals surface area contributed by atoms with E-state index >= 15 is 0 Å². The van der Waals surface area contributed by atoms with Crippen LogP contribution < -0.4 is 0 Å². The van der Waals surface area contributed by atoms with Crippen LogP contribution in [-0.2, 0) is 0 Å². The number of aromatic nitrogens is 1. The van der Waals surface area contributed by atoms with E-state index in [1.165, 1.54) is 0 Å². The smallest absolute Gasteiger partial charge is 0.160 e. The largest absolute Gasteiger partial charge is 0.294 e. The van der Waals surface area contributed by atoms with Gasteiger partial charge in [0.25, 0.3) is 0 Å². The standard InChI is InChI=1S/C13H13NO/c1-8-9(2)14-12-7-5-4-6-11(12)13(8)10(3)15/h4-7H,1-3H3. The Hall–Kier alpha value is -1.70. The summed E-state index contributed by atoms with van der Waals surface area (Å²) < 4.78 is 0. The molecule has 0 bridgehead atoms. The number of rotatable bonds is 1. The van der Waals surface area contributed by atoms with E-state index in [4.69, 9.17) is 0 Å². The number of ketones is 1. The van der Waals surface area contributed by atoms with Gasteiger partial charge in [0.15, 0.2) is 5.78 Å². The average Bonchev–Trinajstić information content (AvgIpc) is 2.19. The van der Waals surface area contributed by atoms with Crippen LogP contribution in [0.3, 0.4) is 0 Å². The monoisotopic (exact) mass is 199 g/mol. The molecule has 0 saturated heterocycles. The molecular weight excluding hydrogens is 186 g/mol. The summed E-state index contributed by atoms with van der Waals surface area (Å²) in [5, 5.41) is 0.952.